The molecule has 0 fully saturated rings. The summed E-state index contributed by atoms with van der Waals surface area (Å²) < 4.78 is 27.5. The van der Waals surface area contributed by atoms with Gasteiger partial charge in [-0.1, -0.05) is 24.9 Å². The summed E-state index contributed by atoms with van der Waals surface area (Å²) in [6.07, 6.45) is 1.71. The summed E-state index contributed by atoms with van der Waals surface area (Å²) in [6, 6.07) is 1.60. The largest absolute Gasteiger partial charge is 0.250 e. The first-order valence-corrected chi connectivity index (χ1v) is 8.93. The van der Waals surface area contributed by atoms with Crippen molar-refractivity contribution in [2.75, 3.05) is 12.4 Å². The molecule has 18 heavy (non-hydrogen) atoms. The lowest BCUT2D eigenvalue weighted by molar-refractivity contribution is 0.481. The zero-order chi connectivity index (χ0) is 13.8. The van der Waals surface area contributed by atoms with Crippen LogP contribution in [0.15, 0.2) is 10.3 Å². The molecule has 0 spiro atoms. The van der Waals surface area contributed by atoms with Crippen molar-refractivity contribution in [3.8, 4) is 0 Å². The molecule has 1 aromatic heterocycles. The smallest absolute Gasteiger partial charge is 0.210 e. The molecule has 1 atom stereocenters. The molecule has 0 aliphatic carbocycles. The van der Waals surface area contributed by atoms with Gasteiger partial charge in [0.25, 0.3) is 0 Å². The Labute approximate surface area is 123 Å². The standard InChI is InChI=1S/C11H17Cl2NO2S2/c1-3-9(4-5-12)7-14-18(15,16)10-6-8(2)11(13)17-10/h6,9,14H,3-5,7H2,1-2H3. The molecule has 104 valence electrons. The minimum absolute atomic E-state index is 0.269. The van der Waals surface area contributed by atoms with Crippen molar-refractivity contribution in [3.63, 3.8) is 0 Å². The van der Waals surface area contributed by atoms with Gasteiger partial charge >= 0.3 is 0 Å². The van der Waals surface area contributed by atoms with Crippen LogP contribution in [0.3, 0.4) is 0 Å². The van der Waals surface area contributed by atoms with E-state index in [0.717, 1.165) is 29.7 Å². The SMILES string of the molecule is CCC(CCCl)CNS(=O)(=O)c1cc(C)c(Cl)s1. The van der Waals surface area contributed by atoms with E-state index in [0.29, 0.717) is 16.8 Å². The predicted octanol–water partition coefficient (Wildman–Crippen LogP) is 3.64. The highest BCUT2D eigenvalue weighted by Crippen LogP contribution is 2.30. The van der Waals surface area contributed by atoms with Crippen LogP contribution in [0, 0.1) is 12.8 Å². The zero-order valence-electron chi connectivity index (χ0n) is 10.4. The van der Waals surface area contributed by atoms with Gasteiger partial charge in [-0.05, 0) is 30.9 Å². The molecule has 1 unspecified atom stereocenters. The molecule has 0 saturated carbocycles. The molecule has 0 aromatic carbocycles. The first-order chi connectivity index (χ1) is 8.40. The maximum absolute atomic E-state index is 12.0. The molecular weight excluding hydrogens is 313 g/mol. The van der Waals surface area contributed by atoms with Gasteiger partial charge in [-0.3, -0.25) is 0 Å². The first-order valence-electron chi connectivity index (χ1n) is 5.72. The van der Waals surface area contributed by atoms with Gasteiger partial charge in [0, 0.05) is 12.4 Å². The molecule has 0 aliphatic rings. The van der Waals surface area contributed by atoms with Gasteiger partial charge in [-0.2, -0.15) is 0 Å². The highest BCUT2D eigenvalue weighted by Gasteiger charge is 2.19. The van der Waals surface area contributed by atoms with Crippen molar-refractivity contribution >= 4 is 44.6 Å². The van der Waals surface area contributed by atoms with Crippen LogP contribution in [0.1, 0.15) is 25.3 Å². The second-order valence-electron chi connectivity index (χ2n) is 4.13. The second-order valence-corrected chi connectivity index (χ2v) is 8.15. The Balaban J connectivity index is 2.70. The average molecular weight is 330 g/mol. The first kappa shape index (κ1) is 16.2. The maximum Gasteiger partial charge on any atom is 0.250 e. The molecular formula is C11H17Cl2NO2S2. The highest BCUT2D eigenvalue weighted by molar-refractivity contribution is 7.91. The Morgan fingerprint density at radius 2 is 2.17 bits per heavy atom. The molecule has 3 nitrogen and oxygen atoms in total. The number of alkyl halides is 1. The van der Waals surface area contributed by atoms with Gasteiger partial charge in [0.05, 0.1) is 4.34 Å². The van der Waals surface area contributed by atoms with Gasteiger partial charge in [0.2, 0.25) is 10.0 Å². The van der Waals surface area contributed by atoms with E-state index in [1.807, 2.05) is 6.92 Å². The van der Waals surface area contributed by atoms with Crippen molar-refractivity contribution in [2.45, 2.75) is 30.9 Å². The Morgan fingerprint density at radius 3 is 2.61 bits per heavy atom. The normalized spacial score (nSPS) is 13.8. The lowest BCUT2D eigenvalue weighted by Gasteiger charge is -2.13. The number of sulfonamides is 1. The van der Waals surface area contributed by atoms with Crippen molar-refractivity contribution in [1.29, 1.82) is 0 Å². The van der Waals surface area contributed by atoms with Crippen LogP contribution < -0.4 is 4.72 Å². The lowest BCUT2D eigenvalue weighted by Crippen LogP contribution is -2.29. The summed E-state index contributed by atoms with van der Waals surface area (Å²) in [7, 11) is -3.44. The Bertz CT molecular complexity index is 466. The molecule has 1 aromatic rings. The summed E-state index contributed by atoms with van der Waals surface area (Å²) in [4.78, 5) is 0. The number of nitrogens with one attached hydrogen (secondary N) is 1. The van der Waals surface area contributed by atoms with Crippen molar-refractivity contribution in [3.05, 3.63) is 16.0 Å². The molecule has 0 saturated heterocycles. The van der Waals surface area contributed by atoms with E-state index >= 15 is 0 Å². The number of hydrogen-bond acceptors (Lipinski definition) is 3. The number of hydrogen-bond donors (Lipinski definition) is 1. The van der Waals surface area contributed by atoms with E-state index < -0.39 is 10.0 Å². The third-order valence-corrected chi connectivity index (χ3v) is 6.43. The van der Waals surface area contributed by atoms with Crippen LogP contribution in [0.5, 0.6) is 0 Å². The van der Waals surface area contributed by atoms with E-state index in [-0.39, 0.29) is 10.1 Å². The van der Waals surface area contributed by atoms with Gasteiger partial charge in [-0.25, -0.2) is 13.1 Å². The lowest BCUT2D eigenvalue weighted by atomic mass is 10.0. The van der Waals surface area contributed by atoms with Crippen molar-refractivity contribution < 1.29 is 8.42 Å². The molecule has 0 radical (unpaired) electrons. The molecule has 1 heterocycles. The molecule has 0 aliphatic heterocycles. The molecule has 1 N–H and O–H groups in total. The summed E-state index contributed by atoms with van der Waals surface area (Å²) in [5.41, 5.74) is 0.787. The van der Waals surface area contributed by atoms with E-state index in [9.17, 15) is 8.42 Å². The quantitative estimate of drug-likeness (QED) is 0.776. The van der Waals surface area contributed by atoms with Crippen LogP contribution >= 0.6 is 34.5 Å². The Hall–Kier alpha value is 0.190. The topological polar surface area (TPSA) is 46.2 Å². The number of rotatable bonds is 7. The molecule has 0 bridgehead atoms. The summed E-state index contributed by atoms with van der Waals surface area (Å²) in [5, 5.41) is 0. The van der Waals surface area contributed by atoms with E-state index in [1.54, 1.807) is 13.0 Å². The van der Waals surface area contributed by atoms with Crippen LogP contribution in [0.2, 0.25) is 4.34 Å². The number of halogens is 2. The Morgan fingerprint density at radius 1 is 1.50 bits per heavy atom. The number of aryl methyl sites for hydroxylation is 1. The van der Waals surface area contributed by atoms with E-state index in [1.165, 1.54) is 0 Å². The van der Waals surface area contributed by atoms with Gasteiger partial charge in [0.1, 0.15) is 4.21 Å². The van der Waals surface area contributed by atoms with Crippen LogP contribution in [-0.2, 0) is 10.0 Å². The van der Waals surface area contributed by atoms with E-state index in [2.05, 4.69) is 4.72 Å². The van der Waals surface area contributed by atoms with Crippen molar-refractivity contribution in [1.82, 2.24) is 4.72 Å². The fourth-order valence-corrected chi connectivity index (χ4v) is 4.64. The fourth-order valence-electron chi connectivity index (χ4n) is 1.47. The Kier molecular flexibility index (Phi) is 6.41. The molecule has 0 amide bonds. The summed E-state index contributed by atoms with van der Waals surface area (Å²) in [5.74, 6) is 0.818. The van der Waals surface area contributed by atoms with Crippen LogP contribution in [-0.4, -0.2) is 20.8 Å². The molecule has 7 heteroatoms. The van der Waals surface area contributed by atoms with Crippen LogP contribution in [0.4, 0.5) is 0 Å². The number of thiophene rings is 1. The highest BCUT2D eigenvalue weighted by atomic mass is 35.5. The van der Waals surface area contributed by atoms with Gasteiger partial charge in [-0.15, -0.1) is 22.9 Å². The molecule has 1 rings (SSSR count). The summed E-state index contributed by atoms with van der Waals surface area (Å²) >= 11 is 12.6. The predicted molar refractivity (Wildman–Crippen MR) is 78.4 cm³/mol. The third-order valence-electron chi connectivity index (χ3n) is 2.76. The minimum atomic E-state index is -3.44. The van der Waals surface area contributed by atoms with Gasteiger partial charge in [0.15, 0.2) is 0 Å². The van der Waals surface area contributed by atoms with E-state index in [4.69, 9.17) is 23.2 Å². The fraction of sp³-hybridized carbons (Fsp3) is 0.636. The summed E-state index contributed by atoms with van der Waals surface area (Å²) in [6.45, 7) is 4.23. The second kappa shape index (κ2) is 7.10. The zero-order valence-corrected chi connectivity index (χ0v) is 13.5. The monoisotopic (exact) mass is 329 g/mol. The maximum atomic E-state index is 12.0. The van der Waals surface area contributed by atoms with Gasteiger partial charge < -0.3 is 0 Å². The van der Waals surface area contributed by atoms with Crippen molar-refractivity contribution in [2.24, 2.45) is 5.92 Å². The minimum Gasteiger partial charge on any atom is -0.210 e. The third kappa shape index (κ3) is 4.38. The average Bonchev–Trinajstić information content (AvgIpc) is 2.66. The van der Waals surface area contributed by atoms with Crippen LogP contribution in [0.25, 0.3) is 0 Å².